The maximum Gasteiger partial charge on any atom is 0.416 e. The third kappa shape index (κ3) is 7.64. The Balaban J connectivity index is 1.23. The zero-order valence-corrected chi connectivity index (χ0v) is 30.4. The number of alkyl halides is 3. The van der Waals surface area contributed by atoms with Gasteiger partial charge in [0, 0.05) is 38.2 Å². The quantitative estimate of drug-likeness (QED) is 0.218. The molecule has 19 heteroatoms. The number of rotatable bonds is 9. The fourth-order valence-corrected chi connectivity index (χ4v) is 6.79. The molecule has 2 aliphatic rings. The number of amides is 2. The Bertz CT molecular complexity index is 2320. The van der Waals surface area contributed by atoms with Crippen LogP contribution in [-0.4, -0.2) is 96.5 Å². The molecule has 55 heavy (non-hydrogen) atoms. The zero-order valence-electron chi connectivity index (χ0n) is 29.6. The minimum absolute atomic E-state index is 0.0330. The fraction of sp³-hybridized carbons (Fsp3) is 0.361. The van der Waals surface area contributed by atoms with Crippen molar-refractivity contribution in [1.29, 1.82) is 0 Å². The number of ether oxygens (including phenoxy) is 2. The molecule has 0 bridgehead atoms. The first-order valence-corrected chi connectivity index (χ1v) is 17.8. The molecule has 2 aromatic carbocycles. The van der Waals surface area contributed by atoms with Crippen molar-refractivity contribution in [2.75, 3.05) is 49.6 Å². The van der Waals surface area contributed by atoms with Gasteiger partial charge in [0.05, 0.1) is 40.9 Å². The van der Waals surface area contributed by atoms with Gasteiger partial charge in [-0.2, -0.15) is 22.7 Å². The number of anilines is 2. The van der Waals surface area contributed by atoms with E-state index in [1.54, 1.807) is 43.0 Å². The molecule has 1 atom stereocenters. The Morgan fingerprint density at radius 2 is 1.84 bits per heavy atom. The molecule has 0 saturated carbocycles. The van der Waals surface area contributed by atoms with Crippen molar-refractivity contribution in [3.63, 3.8) is 0 Å². The van der Waals surface area contributed by atoms with Crippen LogP contribution in [0.3, 0.4) is 0 Å². The summed E-state index contributed by atoms with van der Waals surface area (Å²) >= 11 is 6.14. The van der Waals surface area contributed by atoms with Gasteiger partial charge in [0.1, 0.15) is 30.4 Å². The number of aryl methyl sites for hydroxylation is 1. The van der Waals surface area contributed by atoms with Gasteiger partial charge in [-0.05, 0) is 55.8 Å². The summed E-state index contributed by atoms with van der Waals surface area (Å²) in [6.45, 7) is 4.88. The van der Waals surface area contributed by atoms with Crippen molar-refractivity contribution < 1.29 is 37.3 Å². The van der Waals surface area contributed by atoms with Crippen LogP contribution in [0.4, 0.5) is 24.5 Å². The topological polar surface area (TPSA) is 169 Å². The van der Waals surface area contributed by atoms with E-state index in [1.807, 2.05) is 0 Å². The number of benzene rings is 2. The highest BCUT2D eigenvalue weighted by Crippen LogP contribution is 2.34. The second-order valence-corrected chi connectivity index (χ2v) is 13.4. The van der Waals surface area contributed by atoms with E-state index in [4.69, 9.17) is 21.1 Å². The summed E-state index contributed by atoms with van der Waals surface area (Å²) in [6, 6.07) is 9.64. The number of aromatic hydroxyl groups is 1. The lowest BCUT2D eigenvalue weighted by atomic mass is 10.2. The molecule has 5 aromatic rings. The van der Waals surface area contributed by atoms with E-state index in [0.29, 0.717) is 30.2 Å². The third-order valence-corrected chi connectivity index (χ3v) is 9.74. The first-order valence-electron chi connectivity index (χ1n) is 17.4. The number of carbonyl (C=O) groups is 2. The average Bonchev–Trinajstić information content (AvgIpc) is 3.85. The maximum atomic E-state index is 14.3. The monoisotopic (exact) mass is 781 g/mol. The molecule has 2 N–H and O–H groups in total. The normalized spacial score (nSPS) is 16.1. The minimum Gasteiger partial charge on any atom is -0.504 e. The van der Waals surface area contributed by atoms with Crippen LogP contribution < -0.4 is 20.5 Å². The second-order valence-electron chi connectivity index (χ2n) is 13.0. The highest BCUT2D eigenvalue weighted by atomic mass is 35.5. The molecule has 5 heterocycles. The Kier molecular flexibility index (Phi) is 10.4. The third-order valence-electron chi connectivity index (χ3n) is 9.43. The van der Waals surface area contributed by atoms with Crippen molar-refractivity contribution in [2.45, 2.75) is 45.5 Å². The van der Waals surface area contributed by atoms with Crippen LogP contribution in [-0.2, 0) is 28.7 Å². The average molecular weight is 782 g/mol. The standard InChI is InChI=1S/C36H35ClF3N9O6/c1-3-27-30(46-11-13-47(14-12-46)33(52)29-31(51)20(2)41-19-42-29)34(53)49-35(44-32(45-49)21-4-7-23(8-5-21)55-24-10-15-54-18-24)48(27)17-28(50)43-26-9-6-22(16-25(26)37)36(38,39)40/h4-9,16,19,24,51H,3,10-15,17-18H2,1-2H3,(H,43,50). The van der Waals surface area contributed by atoms with E-state index in [-0.39, 0.29) is 83.8 Å². The van der Waals surface area contributed by atoms with Gasteiger partial charge in [0.25, 0.3) is 11.5 Å². The molecular weight excluding hydrogens is 747 g/mol. The smallest absolute Gasteiger partial charge is 0.416 e. The van der Waals surface area contributed by atoms with Crippen LogP contribution >= 0.6 is 11.6 Å². The highest BCUT2D eigenvalue weighted by Gasteiger charge is 2.32. The molecule has 0 radical (unpaired) electrons. The molecule has 1 unspecified atom stereocenters. The number of hydrogen-bond acceptors (Lipinski definition) is 11. The van der Waals surface area contributed by atoms with Crippen LogP contribution in [0.1, 0.15) is 40.8 Å². The molecule has 0 spiro atoms. The zero-order chi connectivity index (χ0) is 39.0. The van der Waals surface area contributed by atoms with Crippen LogP contribution in [0, 0.1) is 6.92 Å². The van der Waals surface area contributed by atoms with E-state index >= 15 is 0 Å². The van der Waals surface area contributed by atoms with E-state index < -0.39 is 35.7 Å². The van der Waals surface area contributed by atoms with Crippen molar-refractivity contribution in [2.24, 2.45) is 0 Å². The number of hydrogen-bond donors (Lipinski definition) is 2. The fourth-order valence-electron chi connectivity index (χ4n) is 6.56. The molecule has 7 rings (SSSR count). The molecule has 2 saturated heterocycles. The lowest BCUT2D eigenvalue weighted by Crippen LogP contribution is -2.51. The second kappa shape index (κ2) is 15.2. The van der Waals surface area contributed by atoms with Gasteiger partial charge < -0.3 is 34.3 Å². The number of nitrogens with one attached hydrogen (secondary N) is 1. The Labute approximate surface area is 316 Å². The Morgan fingerprint density at radius 3 is 2.49 bits per heavy atom. The van der Waals surface area contributed by atoms with Crippen LogP contribution in [0.5, 0.6) is 11.5 Å². The number of fused-ring (bicyclic) bond motifs is 1. The molecule has 15 nitrogen and oxygen atoms in total. The van der Waals surface area contributed by atoms with Crippen molar-refractivity contribution in [3.05, 3.63) is 86.8 Å². The number of nitrogens with zero attached hydrogens (tertiary/aromatic N) is 8. The number of halogens is 4. The molecule has 2 fully saturated rings. The van der Waals surface area contributed by atoms with Crippen LogP contribution in [0.15, 0.2) is 53.6 Å². The van der Waals surface area contributed by atoms with Gasteiger partial charge in [-0.3, -0.25) is 14.4 Å². The summed E-state index contributed by atoms with van der Waals surface area (Å²) in [5.41, 5.74) is -0.116. The SMILES string of the molecule is CCc1c(N2CCN(C(=O)c3ncnc(C)c3O)CC2)c(=O)n2nc(-c3ccc(OC4CCOC4)cc3)nc2n1CC(=O)Nc1ccc(C(F)(F)F)cc1Cl. The van der Waals surface area contributed by atoms with Gasteiger partial charge in [-0.1, -0.05) is 18.5 Å². The van der Waals surface area contributed by atoms with Crippen molar-refractivity contribution in [3.8, 4) is 22.9 Å². The Hall–Kier alpha value is -5.75. The number of aromatic nitrogens is 6. The van der Waals surface area contributed by atoms with Gasteiger partial charge in [0.15, 0.2) is 17.3 Å². The summed E-state index contributed by atoms with van der Waals surface area (Å²) in [5.74, 6) is -0.563. The minimum atomic E-state index is -4.63. The Morgan fingerprint density at radius 1 is 1.09 bits per heavy atom. The molecule has 2 aliphatic heterocycles. The first-order chi connectivity index (χ1) is 26.3. The van der Waals surface area contributed by atoms with Gasteiger partial charge >= 0.3 is 6.18 Å². The summed E-state index contributed by atoms with van der Waals surface area (Å²) in [7, 11) is 0. The predicted octanol–water partition coefficient (Wildman–Crippen LogP) is 4.37. The van der Waals surface area contributed by atoms with E-state index in [1.165, 1.54) is 15.8 Å². The molecule has 3 aromatic heterocycles. The van der Waals surface area contributed by atoms with E-state index in [0.717, 1.165) is 29.1 Å². The van der Waals surface area contributed by atoms with E-state index in [2.05, 4.69) is 25.4 Å². The van der Waals surface area contributed by atoms with Crippen molar-refractivity contribution in [1.82, 2.24) is 34.0 Å². The summed E-state index contributed by atoms with van der Waals surface area (Å²) in [4.78, 5) is 57.1. The largest absolute Gasteiger partial charge is 0.504 e. The van der Waals surface area contributed by atoms with Crippen LogP contribution in [0.2, 0.25) is 5.02 Å². The molecule has 288 valence electrons. The van der Waals surface area contributed by atoms with E-state index in [9.17, 15) is 32.7 Å². The lowest BCUT2D eigenvalue weighted by molar-refractivity contribution is -0.137. The number of piperazine rings is 1. The molecule has 0 aliphatic carbocycles. The van der Waals surface area contributed by atoms with Gasteiger partial charge in [-0.15, -0.1) is 5.10 Å². The predicted molar refractivity (Wildman–Crippen MR) is 194 cm³/mol. The maximum absolute atomic E-state index is 14.3. The molecule has 2 amide bonds. The van der Waals surface area contributed by atoms with Crippen molar-refractivity contribution >= 4 is 40.6 Å². The van der Waals surface area contributed by atoms with Crippen LogP contribution in [0.25, 0.3) is 17.2 Å². The summed E-state index contributed by atoms with van der Waals surface area (Å²) in [5, 5.41) is 17.2. The highest BCUT2D eigenvalue weighted by molar-refractivity contribution is 6.33. The summed E-state index contributed by atoms with van der Waals surface area (Å²) in [6.07, 6.45) is -2.44. The lowest BCUT2D eigenvalue weighted by Gasteiger charge is -2.36. The number of carbonyl (C=O) groups excluding carboxylic acids is 2. The summed E-state index contributed by atoms with van der Waals surface area (Å²) < 4.78 is 53.8. The molecular formula is C36H35ClF3N9O6. The van der Waals surface area contributed by atoms with Gasteiger partial charge in [0.2, 0.25) is 11.7 Å². The first kappa shape index (κ1) is 37.6. The van der Waals surface area contributed by atoms with Gasteiger partial charge in [-0.25, -0.2) is 9.97 Å².